The third-order valence-corrected chi connectivity index (χ3v) is 4.21. The van der Waals surface area contributed by atoms with E-state index in [1.807, 2.05) is 0 Å². The van der Waals surface area contributed by atoms with Crippen molar-refractivity contribution in [2.24, 2.45) is 5.41 Å². The van der Waals surface area contributed by atoms with Gasteiger partial charge in [-0.1, -0.05) is 71.1 Å². The number of hydrogen-bond acceptors (Lipinski definition) is 2. The van der Waals surface area contributed by atoms with E-state index >= 15 is 0 Å². The van der Waals surface area contributed by atoms with Crippen molar-refractivity contribution >= 4 is 0 Å². The van der Waals surface area contributed by atoms with Gasteiger partial charge >= 0.3 is 0 Å². The summed E-state index contributed by atoms with van der Waals surface area (Å²) in [4.78, 5) is 0. The number of aliphatic hydroxyl groups is 1. The Morgan fingerprint density at radius 2 is 1.33 bits per heavy atom. The molecule has 108 valence electrons. The molecule has 1 heterocycles. The van der Waals surface area contributed by atoms with Crippen LogP contribution in [-0.4, -0.2) is 24.9 Å². The second-order valence-corrected chi connectivity index (χ2v) is 6.08. The SMILES string of the molecule is CCCCCCCCCCCCC1(CO)COC1. The molecule has 1 aliphatic rings. The summed E-state index contributed by atoms with van der Waals surface area (Å²) >= 11 is 0. The molecule has 18 heavy (non-hydrogen) atoms. The van der Waals surface area contributed by atoms with E-state index in [0.717, 1.165) is 19.6 Å². The highest BCUT2D eigenvalue weighted by molar-refractivity contribution is 4.84. The van der Waals surface area contributed by atoms with Crippen LogP contribution < -0.4 is 0 Å². The minimum absolute atomic E-state index is 0.139. The lowest BCUT2D eigenvalue weighted by Crippen LogP contribution is -2.45. The predicted octanol–water partition coefficient (Wildman–Crippen LogP) is 4.31. The predicted molar refractivity (Wildman–Crippen MR) is 76.8 cm³/mol. The maximum atomic E-state index is 9.30. The molecule has 0 spiro atoms. The number of ether oxygens (including phenoxy) is 1. The molecule has 0 radical (unpaired) electrons. The van der Waals surface area contributed by atoms with Gasteiger partial charge in [-0.2, -0.15) is 0 Å². The summed E-state index contributed by atoms with van der Waals surface area (Å²) in [5.74, 6) is 0. The van der Waals surface area contributed by atoms with Crippen LogP contribution in [0.5, 0.6) is 0 Å². The first-order chi connectivity index (χ1) is 8.83. The standard InChI is InChI=1S/C16H32O2/c1-2-3-4-5-6-7-8-9-10-11-12-16(13-17)14-18-15-16/h17H,2-15H2,1H3. The summed E-state index contributed by atoms with van der Waals surface area (Å²) in [5.41, 5.74) is 0.139. The molecule has 0 aromatic heterocycles. The van der Waals surface area contributed by atoms with E-state index in [-0.39, 0.29) is 5.41 Å². The number of unbranched alkanes of at least 4 members (excludes halogenated alkanes) is 9. The topological polar surface area (TPSA) is 29.5 Å². The highest BCUT2D eigenvalue weighted by Crippen LogP contribution is 2.32. The Bertz CT molecular complexity index is 182. The maximum Gasteiger partial charge on any atom is 0.0566 e. The molecule has 0 saturated carbocycles. The fourth-order valence-electron chi connectivity index (χ4n) is 2.69. The molecule has 1 rings (SSSR count). The summed E-state index contributed by atoms with van der Waals surface area (Å²) < 4.78 is 5.21. The molecular weight excluding hydrogens is 224 g/mol. The van der Waals surface area contributed by atoms with Crippen LogP contribution >= 0.6 is 0 Å². The zero-order valence-corrected chi connectivity index (χ0v) is 12.3. The zero-order chi connectivity index (χ0) is 13.1. The Morgan fingerprint density at radius 3 is 1.72 bits per heavy atom. The smallest absolute Gasteiger partial charge is 0.0566 e. The van der Waals surface area contributed by atoms with Crippen LogP contribution in [0.25, 0.3) is 0 Å². The average molecular weight is 256 g/mol. The second-order valence-electron chi connectivity index (χ2n) is 6.08. The average Bonchev–Trinajstić information content (AvgIpc) is 2.34. The Labute approximate surface area is 113 Å². The van der Waals surface area contributed by atoms with Crippen molar-refractivity contribution < 1.29 is 9.84 Å². The van der Waals surface area contributed by atoms with E-state index in [2.05, 4.69) is 6.92 Å². The minimum atomic E-state index is 0.139. The molecular formula is C16H32O2. The highest BCUT2D eigenvalue weighted by Gasteiger charge is 2.36. The molecule has 0 amide bonds. The van der Waals surface area contributed by atoms with Crippen LogP contribution in [0.3, 0.4) is 0 Å². The molecule has 0 aromatic carbocycles. The fourth-order valence-corrected chi connectivity index (χ4v) is 2.69. The lowest BCUT2D eigenvalue weighted by molar-refractivity contribution is -0.141. The summed E-state index contributed by atoms with van der Waals surface area (Å²) in [6.07, 6.45) is 15.0. The lowest BCUT2D eigenvalue weighted by atomic mass is 9.81. The van der Waals surface area contributed by atoms with Crippen LogP contribution in [0.2, 0.25) is 0 Å². The molecule has 0 aromatic rings. The summed E-state index contributed by atoms with van der Waals surface area (Å²) in [7, 11) is 0. The summed E-state index contributed by atoms with van der Waals surface area (Å²) in [5, 5.41) is 9.30. The van der Waals surface area contributed by atoms with Crippen LogP contribution in [0.1, 0.15) is 77.6 Å². The van der Waals surface area contributed by atoms with Crippen LogP contribution in [0.4, 0.5) is 0 Å². The minimum Gasteiger partial charge on any atom is -0.396 e. The molecule has 2 nitrogen and oxygen atoms in total. The fraction of sp³-hybridized carbons (Fsp3) is 1.00. The van der Waals surface area contributed by atoms with E-state index in [0.29, 0.717) is 6.61 Å². The van der Waals surface area contributed by atoms with Crippen LogP contribution in [0.15, 0.2) is 0 Å². The Morgan fingerprint density at radius 1 is 0.833 bits per heavy atom. The van der Waals surface area contributed by atoms with Gasteiger partial charge in [-0.3, -0.25) is 0 Å². The highest BCUT2D eigenvalue weighted by atomic mass is 16.5. The van der Waals surface area contributed by atoms with E-state index in [9.17, 15) is 5.11 Å². The van der Waals surface area contributed by atoms with E-state index in [1.165, 1.54) is 64.2 Å². The van der Waals surface area contributed by atoms with Gasteiger partial charge in [0.05, 0.1) is 19.8 Å². The molecule has 0 aliphatic carbocycles. The van der Waals surface area contributed by atoms with Gasteiger partial charge in [0.25, 0.3) is 0 Å². The molecule has 0 atom stereocenters. The molecule has 1 fully saturated rings. The van der Waals surface area contributed by atoms with Gasteiger partial charge in [-0.05, 0) is 6.42 Å². The van der Waals surface area contributed by atoms with Gasteiger partial charge in [-0.25, -0.2) is 0 Å². The number of rotatable bonds is 12. The second kappa shape index (κ2) is 9.80. The van der Waals surface area contributed by atoms with Crippen molar-refractivity contribution in [3.8, 4) is 0 Å². The first kappa shape index (κ1) is 16.0. The quantitative estimate of drug-likeness (QED) is 0.527. The van der Waals surface area contributed by atoms with Crippen molar-refractivity contribution in [1.29, 1.82) is 0 Å². The van der Waals surface area contributed by atoms with Gasteiger partial charge in [0.2, 0.25) is 0 Å². The molecule has 1 saturated heterocycles. The van der Waals surface area contributed by atoms with Crippen LogP contribution in [-0.2, 0) is 4.74 Å². The van der Waals surface area contributed by atoms with E-state index in [4.69, 9.17) is 4.74 Å². The molecule has 1 aliphatic heterocycles. The molecule has 0 unspecified atom stereocenters. The van der Waals surface area contributed by atoms with Gasteiger partial charge < -0.3 is 9.84 Å². The van der Waals surface area contributed by atoms with Gasteiger partial charge in [0.1, 0.15) is 0 Å². The molecule has 2 heteroatoms. The van der Waals surface area contributed by atoms with E-state index < -0.39 is 0 Å². The molecule has 1 N–H and O–H groups in total. The monoisotopic (exact) mass is 256 g/mol. The van der Waals surface area contributed by atoms with Gasteiger partial charge in [-0.15, -0.1) is 0 Å². The molecule has 0 bridgehead atoms. The summed E-state index contributed by atoms with van der Waals surface area (Å²) in [6.45, 7) is 4.14. The largest absolute Gasteiger partial charge is 0.396 e. The number of hydrogen-bond donors (Lipinski definition) is 1. The first-order valence-corrected chi connectivity index (χ1v) is 8.01. The maximum absolute atomic E-state index is 9.30. The Kier molecular flexibility index (Phi) is 8.70. The Balaban J connectivity index is 1.78. The van der Waals surface area contributed by atoms with Crippen molar-refractivity contribution in [1.82, 2.24) is 0 Å². The van der Waals surface area contributed by atoms with Gasteiger partial charge in [0, 0.05) is 5.41 Å². The number of aliphatic hydroxyl groups excluding tert-OH is 1. The van der Waals surface area contributed by atoms with E-state index in [1.54, 1.807) is 0 Å². The van der Waals surface area contributed by atoms with Gasteiger partial charge in [0.15, 0.2) is 0 Å². The zero-order valence-electron chi connectivity index (χ0n) is 12.3. The van der Waals surface area contributed by atoms with Crippen molar-refractivity contribution in [2.45, 2.75) is 77.6 Å². The summed E-state index contributed by atoms with van der Waals surface area (Å²) in [6, 6.07) is 0. The first-order valence-electron chi connectivity index (χ1n) is 8.01. The third kappa shape index (κ3) is 6.19. The van der Waals surface area contributed by atoms with Crippen molar-refractivity contribution in [3.63, 3.8) is 0 Å². The van der Waals surface area contributed by atoms with Crippen molar-refractivity contribution in [2.75, 3.05) is 19.8 Å². The van der Waals surface area contributed by atoms with Crippen molar-refractivity contribution in [3.05, 3.63) is 0 Å². The normalized spacial score (nSPS) is 17.7. The Hall–Kier alpha value is -0.0800. The third-order valence-electron chi connectivity index (χ3n) is 4.21. The lowest BCUT2D eigenvalue weighted by Gasteiger charge is -2.40. The van der Waals surface area contributed by atoms with Crippen LogP contribution in [0, 0.1) is 5.41 Å².